The van der Waals surface area contributed by atoms with Crippen molar-refractivity contribution in [2.45, 2.75) is 40.0 Å². The van der Waals surface area contributed by atoms with Gasteiger partial charge in [-0.25, -0.2) is 9.67 Å². The van der Waals surface area contributed by atoms with E-state index in [9.17, 15) is 4.79 Å². The van der Waals surface area contributed by atoms with E-state index >= 15 is 0 Å². The van der Waals surface area contributed by atoms with Crippen molar-refractivity contribution in [2.24, 2.45) is 18.7 Å². The number of nitrogens with zero attached hydrogens (tertiary/aromatic N) is 6. The summed E-state index contributed by atoms with van der Waals surface area (Å²) in [5.74, 6) is 0.187. The number of primary amides is 1. The van der Waals surface area contributed by atoms with E-state index in [4.69, 9.17) is 10.8 Å². The first-order valence-electron chi connectivity index (χ1n) is 12.2. The molecule has 0 saturated carbocycles. The predicted molar refractivity (Wildman–Crippen MR) is 142 cm³/mol. The highest BCUT2D eigenvalue weighted by Crippen LogP contribution is 2.34. The summed E-state index contributed by atoms with van der Waals surface area (Å²) >= 11 is 0. The molecule has 184 valence electrons. The van der Waals surface area contributed by atoms with Crippen molar-refractivity contribution < 1.29 is 4.79 Å². The topological polar surface area (TPSA) is 96.6 Å². The van der Waals surface area contributed by atoms with Gasteiger partial charge in [-0.3, -0.25) is 9.48 Å². The minimum atomic E-state index is -0.424. The molecule has 0 atom stereocenters. The maximum absolute atomic E-state index is 11.9. The van der Waals surface area contributed by atoms with E-state index < -0.39 is 5.91 Å². The van der Waals surface area contributed by atoms with Crippen LogP contribution in [0.2, 0.25) is 0 Å². The fourth-order valence-corrected chi connectivity index (χ4v) is 4.69. The second kappa shape index (κ2) is 9.11. The van der Waals surface area contributed by atoms with Crippen molar-refractivity contribution in [2.75, 3.05) is 0 Å². The normalized spacial score (nSPS) is 11.8. The van der Waals surface area contributed by atoms with Crippen LogP contribution in [0.25, 0.3) is 33.5 Å². The maximum Gasteiger partial charge on any atom is 0.248 e. The Kier molecular flexibility index (Phi) is 5.96. The molecule has 1 amide bonds. The summed E-state index contributed by atoms with van der Waals surface area (Å²) in [6, 6.07) is 11.9. The first-order chi connectivity index (χ1) is 17.2. The van der Waals surface area contributed by atoms with Gasteiger partial charge in [-0.05, 0) is 54.2 Å². The number of hydrogen-bond donors (Lipinski definition) is 1. The molecule has 0 bridgehead atoms. The molecule has 0 saturated heterocycles. The summed E-state index contributed by atoms with van der Waals surface area (Å²) in [4.78, 5) is 16.5. The molecule has 0 aliphatic carbocycles. The first-order valence-corrected chi connectivity index (χ1v) is 12.2. The fraction of sp³-hybridized carbons (Fsp3) is 0.286. The molecule has 0 aliphatic rings. The van der Waals surface area contributed by atoms with Crippen molar-refractivity contribution in [1.82, 2.24) is 29.1 Å². The molecule has 2 N–H and O–H groups in total. The van der Waals surface area contributed by atoms with Gasteiger partial charge in [0.15, 0.2) is 0 Å². The van der Waals surface area contributed by atoms with E-state index in [1.807, 2.05) is 59.4 Å². The lowest BCUT2D eigenvalue weighted by Gasteiger charge is -2.14. The number of fused-ring (bicyclic) bond motifs is 1. The Morgan fingerprint density at radius 1 is 1.06 bits per heavy atom. The Morgan fingerprint density at radius 2 is 1.86 bits per heavy atom. The van der Waals surface area contributed by atoms with Crippen LogP contribution < -0.4 is 5.73 Å². The van der Waals surface area contributed by atoms with Crippen molar-refractivity contribution >= 4 is 16.8 Å². The third kappa shape index (κ3) is 4.19. The zero-order valence-electron chi connectivity index (χ0n) is 21.3. The minimum absolute atomic E-state index is 0.203. The van der Waals surface area contributed by atoms with Crippen LogP contribution in [0.15, 0.2) is 61.3 Å². The first kappa shape index (κ1) is 23.5. The molecular formula is C28H31N7O. The molecular weight excluding hydrogens is 450 g/mol. The second-order valence-electron chi connectivity index (χ2n) is 10.00. The van der Waals surface area contributed by atoms with E-state index in [-0.39, 0.29) is 5.92 Å². The molecule has 3 aromatic heterocycles. The van der Waals surface area contributed by atoms with Crippen molar-refractivity contribution in [3.8, 4) is 22.6 Å². The number of carbonyl (C=O) groups excluding carboxylic acids is 1. The van der Waals surface area contributed by atoms with Crippen molar-refractivity contribution in [1.29, 1.82) is 0 Å². The summed E-state index contributed by atoms with van der Waals surface area (Å²) in [5, 5.41) is 10.5. The number of hydrogen-bond acceptors (Lipinski definition) is 4. The van der Waals surface area contributed by atoms with Gasteiger partial charge in [0.1, 0.15) is 0 Å². The van der Waals surface area contributed by atoms with Gasteiger partial charge in [-0.1, -0.05) is 33.8 Å². The predicted octanol–water partition coefficient (Wildman–Crippen LogP) is 5.03. The lowest BCUT2D eigenvalue weighted by Crippen LogP contribution is -2.13. The Balaban J connectivity index is 1.71. The SMILES string of the molecule is CC(C)Cc1cc(C(N)=O)ccc1-n1nc(C(C)C)c2c(-n3cnc(-c4cnn(C)c4)c3)cccc21. The molecule has 2 aromatic carbocycles. The maximum atomic E-state index is 11.9. The third-order valence-electron chi connectivity index (χ3n) is 6.34. The van der Waals surface area contributed by atoms with Crippen LogP contribution in [0.1, 0.15) is 55.2 Å². The smallest absolute Gasteiger partial charge is 0.248 e. The number of nitrogens with two attached hydrogens (primary N) is 1. The molecule has 0 radical (unpaired) electrons. The molecule has 8 nitrogen and oxygen atoms in total. The largest absolute Gasteiger partial charge is 0.366 e. The van der Waals surface area contributed by atoms with Crippen LogP contribution in [-0.2, 0) is 13.5 Å². The number of imidazole rings is 1. The number of rotatable bonds is 7. The van der Waals surface area contributed by atoms with Gasteiger partial charge >= 0.3 is 0 Å². The highest BCUT2D eigenvalue weighted by atomic mass is 16.1. The highest BCUT2D eigenvalue weighted by molar-refractivity contribution is 5.94. The quantitative estimate of drug-likeness (QED) is 0.352. The van der Waals surface area contributed by atoms with Gasteiger partial charge in [-0.2, -0.15) is 10.2 Å². The summed E-state index contributed by atoms with van der Waals surface area (Å²) in [6.45, 7) is 8.64. The molecule has 36 heavy (non-hydrogen) atoms. The summed E-state index contributed by atoms with van der Waals surface area (Å²) in [5.41, 5.74) is 13.0. The Labute approximate surface area is 210 Å². The lowest BCUT2D eigenvalue weighted by atomic mass is 9.98. The zero-order chi connectivity index (χ0) is 25.6. The molecule has 8 heteroatoms. The number of carbonyl (C=O) groups is 1. The summed E-state index contributed by atoms with van der Waals surface area (Å²) in [7, 11) is 1.90. The van der Waals surface area contributed by atoms with Crippen LogP contribution in [0.3, 0.4) is 0 Å². The summed E-state index contributed by atoms with van der Waals surface area (Å²) in [6.07, 6.45) is 8.45. The number of aromatic nitrogens is 6. The van der Waals surface area contributed by atoms with Crippen molar-refractivity contribution in [3.05, 3.63) is 78.1 Å². The average molecular weight is 482 g/mol. The Hall–Kier alpha value is -4.20. The van der Waals surface area contributed by atoms with Crippen LogP contribution in [-0.4, -0.2) is 35.0 Å². The van der Waals surface area contributed by atoms with Crippen LogP contribution in [0, 0.1) is 5.92 Å². The molecule has 5 aromatic rings. The molecule has 0 spiro atoms. The van der Waals surface area contributed by atoms with E-state index in [2.05, 4.69) is 49.9 Å². The Morgan fingerprint density at radius 3 is 2.53 bits per heavy atom. The minimum Gasteiger partial charge on any atom is -0.366 e. The Bertz CT molecular complexity index is 1570. The molecule has 0 aliphatic heterocycles. The fourth-order valence-electron chi connectivity index (χ4n) is 4.69. The van der Waals surface area contributed by atoms with Gasteiger partial charge < -0.3 is 10.3 Å². The summed E-state index contributed by atoms with van der Waals surface area (Å²) < 4.78 is 5.83. The molecule has 3 heterocycles. The van der Waals surface area contributed by atoms with Gasteiger partial charge in [0.05, 0.1) is 40.8 Å². The van der Waals surface area contributed by atoms with Crippen LogP contribution in [0.5, 0.6) is 0 Å². The number of amides is 1. The number of benzene rings is 2. The van der Waals surface area contributed by atoms with Gasteiger partial charge in [0.25, 0.3) is 0 Å². The van der Waals surface area contributed by atoms with Crippen LogP contribution >= 0.6 is 0 Å². The molecule has 0 fully saturated rings. The number of aryl methyl sites for hydroxylation is 1. The monoisotopic (exact) mass is 481 g/mol. The van der Waals surface area contributed by atoms with Gasteiger partial charge in [-0.15, -0.1) is 0 Å². The van der Waals surface area contributed by atoms with Crippen molar-refractivity contribution in [3.63, 3.8) is 0 Å². The lowest BCUT2D eigenvalue weighted by molar-refractivity contribution is 0.1000. The molecule has 5 rings (SSSR count). The third-order valence-corrected chi connectivity index (χ3v) is 6.34. The van der Waals surface area contributed by atoms with E-state index in [1.54, 1.807) is 10.7 Å². The van der Waals surface area contributed by atoms with Gasteiger partial charge in [0.2, 0.25) is 5.91 Å². The van der Waals surface area contributed by atoms with E-state index in [0.29, 0.717) is 11.5 Å². The standard InChI is InChI=1S/C28H31N7O/c1-17(2)11-20-12-19(28(29)36)9-10-23(20)35-25-8-6-7-24(26(25)27(32-35)18(3)4)34-15-22(30-16-34)21-13-31-33(5)14-21/h6-10,12-18H,11H2,1-5H3,(H2,29,36). The van der Waals surface area contributed by atoms with E-state index in [1.165, 1.54) is 0 Å². The zero-order valence-corrected chi connectivity index (χ0v) is 21.3. The average Bonchev–Trinajstić information content (AvgIpc) is 3.56. The van der Waals surface area contributed by atoms with Crippen LogP contribution in [0.4, 0.5) is 0 Å². The molecule has 0 unspecified atom stereocenters. The second-order valence-corrected chi connectivity index (χ2v) is 10.00. The van der Waals surface area contributed by atoms with E-state index in [0.717, 1.165) is 51.2 Å². The highest BCUT2D eigenvalue weighted by Gasteiger charge is 2.21. The van der Waals surface area contributed by atoms with Gasteiger partial charge in [0, 0.05) is 36.0 Å².